The third-order valence-corrected chi connectivity index (χ3v) is 9.48. The lowest BCUT2D eigenvalue weighted by Crippen LogP contribution is -2.51. The van der Waals surface area contributed by atoms with Gasteiger partial charge in [0.05, 0.1) is 48.1 Å². The van der Waals surface area contributed by atoms with E-state index in [2.05, 4.69) is 5.32 Å². The first kappa shape index (κ1) is 36.2. The number of benzene rings is 4. The molecule has 2 N–H and O–H groups in total. The van der Waals surface area contributed by atoms with E-state index in [9.17, 15) is 24.3 Å². The molecule has 0 saturated carbocycles. The molecule has 0 aliphatic carbocycles. The Morgan fingerprint density at radius 2 is 1.60 bits per heavy atom. The molecule has 2 aliphatic rings. The number of ether oxygens (including phenoxy) is 4. The van der Waals surface area contributed by atoms with Gasteiger partial charge in [0, 0.05) is 26.1 Å². The van der Waals surface area contributed by atoms with Crippen molar-refractivity contribution in [1.82, 2.24) is 15.1 Å². The topological polar surface area (TPSA) is 144 Å². The Kier molecular flexibility index (Phi) is 11.3. The Labute approximate surface area is 305 Å². The number of hydrogen-bond donors (Lipinski definition) is 2. The van der Waals surface area contributed by atoms with Gasteiger partial charge in [0.1, 0.15) is 0 Å². The first-order valence-electron chi connectivity index (χ1n) is 16.7. The fourth-order valence-corrected chi connectivity index (χ4v) is 6.62. The van der Waals surface area contributed by atoms with Crippen LogP contribution in [-0.4, -0.2) is 91.3 Å². The lowest BCUT2D eigenvalue weighted by atomic mass is 9.99. The average Bonchev–Trinajstić information content (AvgIpc) is 3.73. The van der Waals surface area contributed by atoms with Gasteiger partial charge in [-0.15, -0.1) is 0 Å². The number of carbonyl (C=O) groups is 4. The lowest BCUT2D eigenvalue weighted by Gasteiger charge is -2.31. The summed E-state index contributed by atoms with van der Waals surface area (Å²) in [5.74, 6) is -0.0980. The third kappa shape index (κ3) is 7.83. The summed E-state index contributed by atoms with van der Waals surface area (Å²) in [7, 11) is 2.87. The highest BCUT2D eigenvalue weighted by Crippen LogP contribution is 2.37. The number of nitrogens with one attached hydrogen (secondary N) is 1. The summed E-state index contributed by atoms with van der Waals surface area (Å²) < 4.78 is 21.6. The predicted octanol–water partition coefficient (Wildman–Crippen LogP) is 4.55. The number of hydrogen-bond acceptors (Lipinski definition) is 9. The standard InChI is InChI=1S/C39H38ClN3O9/c1-49-32-15-13-28(35(40)36(32)50-2)37(46)41-29(20-24-8-4-3-5-9-24)30(44)22-42(18-16-25-12-14-31-33(21-25)52-23-51-31)34(45)17-19-43-38(47)26-10-6-7-11-27(26)39(43)48/h3-15,21,29-30,44H,16-20,22-23H2,1-2H3,(H,41,46)/t29-,30-/m0/s1. The Bertz CT molecular complexity index is 1940. The zero-order valence-electron chi connectivity index (χ0n) is 28.7. The maximum atomic E-state index is 13.9. The zero-order valence-corrected chi connectivity index (χ0v) is 29.4. The molecule has 6 rings (SSSR count). The highest BCUT2D eigenvalue weighted by molar-refractivity contribution is 6.35. The molecule has 270 valence electrons. The Morgan fingerprint density at radius 3 is 2.29 bits per heavy atom. The lowest BCUT2D eigenvalue weighted by molar-refractivity contribution is -0.133. The number of nitrogens with zero attached hydrogens (tertiary/aromatic N) is 2. The van der Waals surface area contributed by atoms with Crippen LogP contribution in [0.4, 0.5) is 0 Å². The molecule has 0 fully saturated rings. The van der Waals surface area contributed by atoms with Crippen molar-refractivity contribution in [1.29, 1.82) is 0 Å². The minimum absolute atomic E-state index is 0.0426. The van der Waals surface area contributed by atoms with Crippen LogP contribution in [0.1, 0.15) is 48.6 Å². The van der Waals surface area contributed by atoms with Gasteiger partial charge < -0.3 is 34.3 Å². The van der Waals surface area contributed by atoms with Crippen LogP contribution in [0.15, 0.2) is 84.9 Å². The minimum Gasteiger partial charge on any atom is -0.493 e. The van der Waals surface area contributed by atoms with Crippen LogP contribution in [-0.2, 0) is 17.6 Å². The van der Waals surface area contributed by atoms with E-state index in [0.717, 1.165) is 16.0 Å². The summed E-state index contributed by atoms with van der Waals surface area (Å²) in [5.41, 5.74) is 2.41. The van der Waals surface area contributed by atoms with Gasteiger partial charge in [0.2, 0.25) is 12.7 Å². The van der Waals surface area contributed by atoms with E-state index in [4.69, 9.17) is 30.5 Å². The summed E-state index contributed by atoms with van der Waals surface area (Å²) in [6.45, 7) is 0.00827. The molecule has 2 atom stereocenters. The Balaban J connectivity index is 1.22. The highest BCUT2D eigenvalue weighted by Gasteiger charge is 2.36. The number of imide groups is 1. The van der Waals surface area contributed by atoms with Gasteiger partial charge in [-0.1, -0.05) is 60.1 Å². The predicted molar refractivity (Wildman–Crippen MR) is 191 cm³/mol. The van der Waals surface area contributed by atoms with Crippen LogP contribution in [0.25, 0.3) is 0 Å². The van der Waals surface area contributed by atoms with Crippen molar-refractivity contribution in [3.63, 3.8) is 0 Å². The molecular weight excluding hydrogens is 690 g/mol. The van der Waals surface area contributed by atoms with Gasteiger partial charge in [-0.05, 0) is 60.4 Å². The normalized spacial score (nSPS) is 14.1. The van der Waals surface area contributed by atoms with E-state index >= 15 is 0 Å². The number of aliphatic hydroxyl groups is 1. The van der Waals surface area contributed by atoms with E-state index < -0.39 is 29.9 Å². The summed E-state index contributed by atoms with van der Waals surface area (Å²) in [5, 5.41) is 14.8. The van der Waals surface area contributed by atoms with Crippen LogP contribution in [0.3, 0.4) is 0 Å². The van der Waals surface area contributed by atoms with Crippen LogP contribution in [0, 0.1) is 0 Å². The van der Waals surface area contributed by atoms with Crippen LogP contribution in [0.2, 0.25) is 5.02 Å². The number of amides is 4. The van der Waals surface area contributed by atoms with Crippen molar-refractivity contribution < 1.29 is 43.2 Å². The van der Waals surface area contributed by atoms with Crippen molar-refractivity contribution in [2.45, 2.75) is 31.4 Å². The van der Waals surface area contributed by atoms with Crippen LogP contribution in [0.5, 0.6) is 23.0 Å². The molecule has 0 aromatic heterocycles. The third-order valence-electron chi connectivity index (χ3n) is 9.10. The molecule has 2 heterocycles. The Hall–Kier alpha value is -5.59. The summed E-state index contributed by atoms with van der Waals surface area (Å²) in [4.78, 5) is 56.2. The van der Waals surface area contributed by atoms with E-state index in [-0.39, 0.29) is 61.5 Å². The second-order valence-electron chi connectivity index (χ2n) is 12.3. The number of aliphatic hydroxyl groups excluding tert-OH is 1. The molecule has 4 aromatic rings. The fraction of sp³-hybridized carbons (Fsp3) is 0.282. The quantitative estimate of drug-likeness (QED) is 0.169. The molecule has 0 bridgehead atoms. The maximum Gasteiger partial charge on any atom is 0.261 e. The van der Waals surface area contributed by atoms with Gasteiger partial charge in [-0.3, -0.25) is 24.1 Å². The number of carbonyl (C=O) groups excluding carboxylic acids is 4. The first-order valence-corrected chi connectivity index (χ1v) is 17.1. The largest absolute Gasteiger partial charge is 0.493 e. The molecular formula is C39H38ClN3O9. The van der Waals surface area contributed by atoms with Gasteiger partial charge in [0.25, 0.3) is 17.7 Å². The van der Waals surface area contributed by atoms with E-state index in [0.29, 0.717) is 34.8 Å². The molecule has 4 aromatic carbocycles. The van der Waals surface area contributed by atoms with Crippen molar-refractivity contribution in [2.24, 2.45) is 0 Å². The van der Waals surface area contributed by atoms with Crippen molar-refractivity contribution >= 4 is 35.2 Å². The van der Waals surface area contributed by atoms with Crippen molar-refractivity contribution in [3.8, 4) is 23.0 Å². The molecule has 0 radical (unpaired) electrons. The molecule has 0 unspecified atom stereocenters. The molecule has 0 saturated heterocycles. The minimum atomic E-state index is -1.25. The average molecular weight is 728 g/mol. The maximum absolute atomic E-state index is 13.9. The summed E-state index contributed by atoms with van der Waals surface area (Å²) in [6, 6.07) is 23.6. The first-order chi connectivity index (χ1) is 25.2. The van der Waals surface area contributed by atoms with E-state index in [1.807, 2.05) is 42.5 Å². The van der Waals surface area contributed by atoms with Crippen molar-refractivity contribution in [2.75, 3.05) is 40.6 Å². The smallest absolute Gasteiger partial charge is 0.261 e. The zero-order chi connectivity index (χ0) is 36.8. The van der Waals surface area contributed by atoms with Gasteiger partial charge in [0.15, 0.2) is 23.0 Å². The Morgan fingerprint density at radius 1 is 0.904 bits per heavy atom. The number of halogens is 1. The molecule has 52 heavy (non-hydrogen) atoms. The molecule has 2 aliphatic heterocycles. The summed E-state index contributed by atoms with van der Waals surface area (Å²) in [6.07, 6.45) is -0.782. The van der Waals surface area contributed by atoms with E-state index in [1.165, 1.54) is 25.2 Å². The van der Waals surface area contributed by atoms with Gasteiger partial charge in [-0.2, -0.15) is 0 Å². The van der Waals surface area contributed by atoms with Gasteiger partial charge >= 0.3 is 0 Å². The number of rotatable bonds is 15. The molecule has 12 nitrogen and oxygen atoms in total. The second-order valence-corrected chi connectivity index (χ2v) is 12.7. The summed E-state index contributed by atoms with van der Waals surface area (Å²) >= 11 is 6.56. The highest BCUT2D eigenvalue weighted by atomic mass is 35.5. The molecule has 4 amide bonds. The van der Waals surface area contributed by atoms with Crippen molar-refractivity contribution in [3.05, 3.63) is 118 Å². The fourth-order valence-electron chi connectivity index (χ4n) is 6.30. The van der Waals surface area contributed by atoms with E-state index in [1.54, 1.807) is 36.4 Å². The van der Waals surface area contributed by atoms with Crippen LogP contribution >= 0.6 is 11.6 Å². The monoisotopic (exact) mass is 727 g/mol. The van der Waals surface area contributed by atoms with Crippen LogP contribution < -0.4 is 24.3 Å². The number of fused-ring (bicyclic) bond motifs is 2. The number of methoxy groups -OCH3 is 2. The molecule has 0 spiro atoms. The SMILES string of the molecule is COc1ccc(C(=O)N[C@@H](Cc2ccccc2)[C@@H](O)CN(CCc2ccc3c(c2)OCO3)C(=O)CCN2C(=O)c3ccccc3C2=O)c(Cl)c1OC. The molecule has 13 heteroatoms. The second kappa shape index (κ2) is 16.2. The van der Waals surface area contributed by atoms with Gasteiger partial charge in [-0.25, -0.2) is 0 Å².